The van der Waals surface area contributed by atoms with E-state index in [-0.39, 0.29) is 0 Å². The van der Waals surface area contributed by atoms with E-state index in [1.54, 1.807) is 7.11 Å². The zero-order valence-electron chi connectivity index (χ0n) is 12.9. The number of nitrogens with zero attached hydrogens (tertiary/aromatic N) is 1. The molecule has 0 aliphatic carbocycles. The summed E-state index contributed by atoms with van der Waals surface area (Å²) in [5.41, 5.74) is 1.35. The van der Waals surface area contributed by atoms with Gasteiger partial charge in [0.2, 0.25) is 0 Å². The first-order chi connectivity index (χ1) is 9.69. The van der Waals surface area contributed by atoms with Crippen LogP contribution in [0.5, 0.6) is 0 Å². The van der Waals surface area contributed by atoms with E-state index in [1.165, 1.54) is 10.0 Å². The monoisotopic (exact) mass is 342 g/mol. The van der Waals surface area contributed by atoms with Gasteiger partial charge in [-0.25, -0.2) is 0 Å². The van der Waals surface area contributed by atoms with E-state index < -0.39 is 0 Å². The maximum Gasteiger partial charge on any atom is 0.0589 e. The van der Waals surface area contributed by atoms with Gasteiger partial charge in [-0.2, -0.15) is 0 Å². The van der Waals surface area contributed by atoms with Gasteiger partial charge in [0, 0.05) is 24.2 Å². The molecule has 3 nitrogen and oxygen atoms in total. The Morgan fingerprint density at radius 2 is 2.05 bits per heavy atom. The molecular formula is C16H27BrN2O. The van der Waals surface area contributed by atoms with Gasteiger partial charge in [-0.05, 0) is 44.6 Å². The van der Waals surface area contributed by atoms with Gasteiger partial charge in [-0.15, -0.1) is 0 Å². The molecular weight excluding hydrogens is 316 g/mol. The molecule has 1 atom stereocenters. The predicted octanol–water partition coefficient (Wildman–Crippen LogP) is 3.46. The second kappa shape index (κ2) is 10.3. The lowest BCUT2D eigenvalue weighted by atomic mass is 10.0. The zero-order valence-corrected chi connectivity index (χ0v) is 14.4. The average Bonchev–Trinajstić information content (AvgIpc) is 2.46. The first kappa shape index (κ1) is 17.6. The summed E-state index contributed by atoms with van der Waals surface area (Å²) in [4.78, 5) is 2.32. The summed E-state index contributed by atoms with van der Waals surface area (Å²) in [6.45, 7) is 6.08. The average molecular weight is 343 g/mol. The van der Waals surface area contributed by atoms with E-state index in [4.69, 9.17) is 4.74 Å². The molecule has 4 heteroatoms. The highest BCUT2D eigenvalue weighted by molar-refractivity contribution is 9.10. The number of hydrogen-bond donors (Lipinski definition) is 1. The van der Waals surface area contributed by atoms with Gasteiger partial charge in [0.1, 0.15) is 0 Å². The Labute approximate surface area is 131 Å². The van der Waals surface area contributed by atoms with Crippen molar-refractivity contribution in [3.8, 4) is 0 Å². The molecule has 0 bridgehead atoms. The van der Waals surface area contributed by atoms with Crippen molar-refractivity contribution >= 4 is 15.9 Å². The topological polar surface area (TPSA) is 24.5 Å². The van der Waals surface area contributed by atoms with Crippen LogP contribution in [-0.4, -0.2) is 45.3 Å². The third-order valence-corrected chi connectivity index (χ3v) is 4.12. The van der Waals surface area contributed by atoms with Crippen LogP contribution in [0.3, 0.4) is 0 Å². The third-order valence-electron chi connectivity index (χ3n) is 3.40. The lowest BCUT2D eigenvalue weighted by Gasteiger charge is -2.23. The van der Waals surface area contributed by atoms with E-state index in [2.05, 4.69) is 64.4 Å². The SMILES string of the molecule is CCCNC(CCN(C)CCOC)c1ccccc1Br. The van der Waals surface area contributed by atoms with E-state index >= 15 is 0 Å². The molecule has 1 unspecified atom stereocenters. The lowest BCUT2D eigenvalue weighted by molar-refractivity contribution is 0.158. The van der Waals surface area contributed by atoms with E-state index in [0.29, 0.717) is 6.04 Å². The highest BCUT2D eigenvalue weighted by Gasteiger charge is 2.14. The minimum atomic E-state index is 0.399. The maximum absolute atomic E-state index is 5.12. The van der Waals surface area contributed by atoms with Crippen LogP contribution < -0.4 is 5.32 Å². The summed E-state index contributed by atoms with van der Waals surface area (Å²) in [5, 5.41) is 3.65. The summed E-state index contributed by atoms with van der Waals surface area (Å²) < 4.78 is 6.31. The fraction of sp³-hybridized carbons (Fsp3) is 0.625. The Bertz CT molecular complexity index is 373. The van der Waals surface area contributed by atoms with Crippen molar-refractivity contribution < 1.29 is 4.74 Å². The van der Waals surface area contributed by atoms with Gasteiger partial charge < -0.3 is 15.0 Å². The van der Waals surface area contributed by atoms with Crippen molar-refractivity contribution in [3.05, 3.63) is 34.3 Å². The largest absolute Gasteiger partial charge is 0.383 e. The highest BCUT2D eigenvalue weighted by Crippen LogP contribution is 2.25. The number of likely N-dealkylation sites (N-methyl/N-ethyl adjacent to an activating group) is 1. The second-order valence-electron chi connectivity index (χ2n) is 5.11. The summed E-state index contributed by atoms with van der Waals surface area (Å²) in [6.07, 6.45) is 2.25. The van der Waals surface area contributed by atoms with Gasteiger partial charge in [-0.3, -0.25) is 0 Å². The number of benzene rings is 1. The highest BCUT2D eigenvalue weighted by atomic mass is 79.9. The predicted molar refractivity (Wildman–Crippen MR) is 89.2 cm³/mol. The smallest absolute Gasteiger partial charge is 0.0589 e. The Morgan fingerprint density at radius 1 is 1.30 bits per heavy atom. The quantitative estimate of drug-likeness (QED) is 0.704. The van der Waals surface area contributed by atoms with Gasteiger partial charge in [0.15, 0.2) is 0 Å². The van der Waals surface area contributed by atoms with Crippen molar-refractivity contribution in [2.75, 3.05) is 40.4 Å². The van der Waals surface area contributed by atoms with E-state index in [0.717, 1.165) is 39.1 Å². The molecule has 0 spiro atoms. The minimum Gasteiger partial charge on any atom is -0.383 e. The van der Waals surface area contributed by atoms with Crippen LogP contribution in [0.25, 0.3) is 0 Å². The summed E-state index contributed by atoms with van der Waals surface area (Å²) in [5.74, 6) is 0. The van der Waals surface area contributed by atoms with Gasteiger partial charge in [0.25, 0.3) is 0 Å². The molecule has 0 aromatic heterocycles. The molecule has 0 saturated heterocycles. The molecule has 0 aliphatic heterocycles. The molecule has 0 saturated carbocycles. The standard InChI is InChI=1S/C16H27BrN2O/c1-4-10-18-16(9-11-19(2)12-13-20-3)14-7-5-6-8-15(14)17/h5-8,16,18H,4,9-13H2,1-3H3. The number of methoxy groups -OCH3 is 1. The van der Waals surface area contributed by atoms with Crippen LogP contribution in [0.4, 0.5) is 0 Å². The first-order valence-electron chi connectivity index (χ1n) is 7.34. The number of halogens is 1. The van der Waals surface area contributed by atoms with Crippen LogP contribution in [0, 0.1) is 0 Å². The van der Waals surface area contributed by atoms with Crippen LogP contribution in [0.2, 0.25) is 0 Å². The zero-order chi connectivity index (χ0) is 14.8. The maximum atomic E-state index is 5.12. The van der Waals surface area contributed by atoms with Crippen molar-refractivity contribution in [2.24, 2.45) is 0 Å². The van der Waals surface area contributed by atoms with Crippen molar-refractivity contribution in [3.63, 3.8) is 0 Å². The number of rotatable bonds is 10. The Morgan fingerprint density at radius 3 is 2.70 bits per heavy atom. The minimum absolute atomic E-state index is 0.399. The fourth-order valence-corrected chi connectivity index (χ4v) is 2.71. The van der Waals surface area contributed by atoms with Crippen LogP contribution in [0.1, 0.15) is 31.4 Å². The van der Waals surface area contributed by atoms with Crippen molar-refractivity contribution in [1.82, 2.24) is 10.2 Å². The lowest BCUT2D eigenvalue weighted by Crippen LogP contribution is -2.29. The Kier molecular flexibility index (Phi) is 9.10. The number of ether oxygens (including phenoxy) is 1. The molecule has 0 amide bonds. The summed E-state index contributed by atoms with van der Waals surface area (Å²) in [6, 6.07) is 8.89. The van der Waals surface area contributed by atoms with Crippen molar-refractivity contribution in [1.29, 1.82) is 0 Å². The molecule has 0 fully saturated rings. The normalized spacial score (nSPS) is 12.8. The van der Waals surface area contributed by atoms with E-state index in [1.807, 2.05) is 0 Å². The molecule has 1 aromatic rings. The molecule has 1 aromatic carbocycles. The summed E-state index contributed by atoms with van der Waals surface area (Å²) in [7, 11) is 3.90. The molecule has 114 valence electrons. The van der Waals surface area contributed by atoms with Gasteiger partial charge in [-0.1, -0.05) is 41.1 Å². The van der Waals surface area contributed by atoms with Crippen LogP contribution in [0.15, 0.2) is 28.7 Å². The molecule has 0 heterocycles. The first-order valence-corrected chi connectivity index (χ1v) is 8.13. The molecule has 1 rings (SSSR count). The summed E-state index contributed by atoms with van der Waals surface area (Å²) >= 11 is 3.66. The van der Waals surface area contributed by atoms with Gasteiger partial charge >= 0.3 is 0 Å². The van der Waals surface area contributed by atoms with E-state index in [9.17, 15) is 0 Å². The molecule has 20 heavy (non-hydrogen) atoms. The van der Waals surface area contributed by atoms with Crippen molar-refractivity contribution in [2.45, 2.75) is 25.8 Å². The fourth-order valence-electron chi connectivity index (χ4n) is 2.15. The van der Waals surface area contributed by atoms with Crippen LogP contribution >= 0.6 is 15.9 Å². The number of hydrogen-bond acceptors (Lipinski definition) is 3. The Hall–Kier alpha value is -0.420. The second-order valence-corrected chi connectivity index (χ2v) is 5.97. The molecule has 0 aliphatic rings. The Balaban J connectivity index is 2.58. The van der Waals surface area contributed by atoms with Crippen LogP contribution in [-0.2, 0) is 4.74 Å². The molecule has 0 radical (unpaired) electrons. The van der Waals surface area contributed by atoms with Gasteiger partial charge in [0.05, 0.1) is 6.61 Å². The molecule has 1 N–H and O–H groups in total. The third kappa shape index (κ3) is 6.35. The number of nitrogens with one attached hydrogen (secondary N) is 1.